The predicted molar refractivity (Wildman–Crippen MR) is 92.6 cm³/mol. The lowest BCUT2D eigenvalue weighted by atomic mass is 10.1. The van der Waals surface area contributed by atoms with Gasteiger partial charge in [0.1, 0.15) is 5.75 Å². The number of hydrogen-bond donors (Lipinski definition) is 1. The number of rotatable bonds is 7. The second-order valence-electron chi connectivity index (χ2n) is 5.38. The summed E-state index contributed by atoms with van der Waals surface area (Å²) >= 11 is 0. The molecule has 0 aliphatic rings. The van der Waals surface area contributed by atoms with Crippen LogP contribution in [0.5, 0.6) is 17.2 Å². The van der Waals surface area contributed by atoms with Crippen molar-refractivity contribution in [3.63, 3.8) is 0 Å². The molecule has 0 saturated carbocycles. The normalized spacial score (nSPS) is 12.8. The molecule has 0 unspecified atom stereocenters. The van der Waals surface area contributed by atoms with E-state index in [-0.39, 0.29) is 11.9 Å². The van der Waals surface area contributed by atoms with Gasteiger partial charge in [-0.1, -0.05) is 30.3 Å². The van der Waals surface area contributed by atoms with Crippen LogP contribution < -0.4 is 19.5 Å². The number of amides is 1. The second-order valence-corrected chi connectivity index (χ2v) is 5.38. The van der Waals surface area contributed by atoms with E-state index in [4.69, 9.17) is 14.2 Å². The van der Waals surface area contributed by atoms with Crippen LogP contribution in [-0.4, -0.2) is 26.2 Å². The number of nitrogens with one attached hydrogen (secondary N) is 1. The van der Waals surface area contributed by atoms with Gasteiger partial charge in [0.2, 0.25) is 0 Å². The first kappa shape index (κ1) is 17.7. The minimum Gasteiger partial charge on any atom is -0.496 e. The Balaban J connectivity index is 2.03. The highest BCUT2D eigenvalue weighted by Gasteiger charge is 2.20. The highest BCUT2D eigenvalue weighted by molar-refractivity contribution is 5.81. The van der Waals surface area contributed by atoms with Crippen LogP contribution in [0.4, 0.5) is 0 Å². The van der Waals surface area contributed by atoms with E-state index in [0.29, 0.717) is 11.5 Å². The molecule has 2 rings (SSSR count). The van der Waals surface area contributed by atoms with E-state index in [9.17, 15) is 4.79 Å². The van der Waals surface area contributed by atoms with Gasteiger partial charge in [0, 0.05) is 5.56 Å². The van der Waals surface area contributed by atoms with Crippen molar-refractivity contribution in [3.8, 4) is 17.2 Å². The third-order valence-corrected chi connectivity index (χ3v) is 3.71. The molecule has 5 heteroatoms. The monoisotopic (exact) mass is 329 g/mol. The zero-order valence-corrected chi connectivity index (χ0v) is 14.4. The molecule has 0 aliphatic carbocycles. The fourth-order valence-corrected chi connectivity index (χ4v) is 2.39. The summed E-state index contributed by atoms with van der Waals surface area (Å²) in [7, 11) is 3.18. The highest BCUT2D eigenvalue weighted by Crippen LogP contribution is 2.27. The molecule has 1 amide bonds. The molecule has 0 aliphatic heterocycles. The van der Waals surface area contributed by atoms with Crippen LogP contribution in [0, 0.1) is 0 Å². The summed E-state index contributed by atoms with van der Waals surface area (Å²) < 4.78 is 16.3. The summed E-state index contributed by atoms with van der Waals surface area (Å²) in [5.41, 5.74) is 0.915. The first-order valence-corrected chi connectivity index (χ1v) is 7.79. The van der Waals surface area contributed by atoms with Crippen LogP contribution in [0.3, 0.4) is 0 Å². The van der Waals surface area contributed by atoms with Gasteiger partial charge in [-0.15, -0.1) is 0 Å². The lowest BCUT2D eigenvalue weighted by Crippen LogP contribution is -2.37. The van der Waals surface area contributed by atoms with E-state index in [1.165, 1.54) is 0 Å². The van der Waals surface area contributed by atoms with Crippen molar-refractivity contribution in [2.45, 2.75) is 26.0 Å². The van der Waals surface area contributed by atoms with Crippen LogP contribution >= 0.6 is 0 Å². The van der Waals surface area contributed by atoms with Gasteiger partial charge in [-0.3, -0.25) is 4.79 Å². The fraction of sp³-hybridized carbons (Fsp3) is 0.316. The number of carbonyl (C=O) groups is 1. The maximum absolute atomic E-state index is 12.4. The smallest absolute Gasteiger partial charge is 0.261 e. The third-order valence-electron chi connectivity index (χ3n) is 3.71. The minimum atomic E-state index is -0.654. The molecule has 0 bridgehead atoms. The molecule has 0 aromatic heterocycles. The van der Waals surface area contributed by atoms with Crippen molar-refractivity contribution in [3.05, 3.63) is 54.1 Å². The van der Waals surface area contributed by atoms with Gasteiger partial charge >= 0.3 is 0 Å². The van der Waals surface area contributed by atoms with Gasteiger partial charge < -0.3 is 19.5 Å². The summed E-state index contributed by atoms with van der Waals surface area (Å²) in [6.45, 7) is 3.61. The molecule has 0 heterocycles. The van der Waals surface area contributed by atoms with Crippen molar-refractivity contribution in [1.29, 1.82) is 0 Å². The molecular formula is C19H23NO4. The van der Waals surface area contributed by atoms with Gasteiger partial charge in [-0.25, -0.2) is 0 Å². The molecule has 2 atom stereocenters. The molecule has 1 N–H and O–H groups in total. The number of methoxy groups -OCH3 is 2. The van der Waals surface area contributed by atoms with Crippen molar-refractivity contribution in [2.75, 3.05) is 14.2 Å². The Kier molecular flexibility index (Phi) is 6.07. The Morgan fingerprint density at radius 3 is 2.04 bits per heavy atom. The first-order chi connectivity index (χ1) is 11.6. The minimum absolute atomic E-state index is 0.197. The van der Waals surface area contributed by atoms with E-state index in [1.54, 1.807) is 33.3 Å². The molecule has 2 aromatic carbocycles. The summed E-state index contributed by atoms with van der Waals surface area (Å²) in [5, 5.41) is 2.94. The number of benzene rings is 2. The Hall–Kier alpha value is -2.69. The van der Waals surface area contributed by atoms with Crippen LogP contribution in [0.25, 0.3) is 0 Å². The standard InChI is InChI=1S/C19H23NO4/c1-13(15-9-5-6-10-16(15)22-3)20-19(21)14(2)24-18-12-8-7-11-17(18)23-4/h5-14H,1-4H3,(H,20,21)/t13-,14-/m1/s1. The SMILES string of the molecule is COc1ccccc1O[C@H](C)C(=O)N[C@H](C)c1ccccc1OC. The highest BCUT2D eigenvalue weighted by atomic mass is 16.5. The second kappa shape index (κ2) is 8.24. The number of carbonyl (C=O) groups excluding carboxylic acids is 1. The number of ether oxygens (including phenoxy) is 3. The van der Waals surface area contributed by atoms with Crippen LogP contribution in [-0.2, 0) is 4.79 Å². The molecule has 0 spiro atoms. The van der Waals surface area contributed by atoms with Crippen LogP contribution in [0.2, 0.25) is 0 Å². The van der Waals surface area contributed by atoms with Gasteiger partial charge in [-0.05, 0) is 32.0 Å². The van der Waals surface area contributed by atoms with E-state index in [2.05, 4.69) is 5.32 Å². The molecule has 0 radical (unpaired) electrons. The molecule has 24 heavy (non-hydrogen) atoms. The summed E-state index contributed by atoms with van der Waals surface area (Å²) in [6.07, 6.45) is -0.654. The predicted octanol–water partition coefficient (Wildman–Crippen LogP) is 3.35. The van der Waals surface area contributed by atoms with Crippen molar-refractivity contribution >= 4 is 5.91 Å². The summed E-state index contributed by atoms with van der Waals surface area (Å²) in [4.78, 5) is 12.4. The quantitative estimate of drug-likeness (QED) is 0.846. The largest absolute Gasteiger partial charge is 0.496 e. The Morgan fingerprint density at radius 2 is 1.42 bits per heavy atom. The van der Waals surface area contributed by atoms with E-state index >= 15 is 0 Å². The Bertz CT molecular complexity index is 687. The zero-order chi connectivity index (χ0) is 17.5. The van der Waals surface area contributed by atoms with Gasteiger partial charge in [0.15, 0.2) is 17.6 Å². The number of hydrogen-bond acceptors (Lipinski definition) is 4. The number of para-hydroxylation sites is 3. The average Bonchev–Trinajstić information content (AvgIpc) is 2.61. The third kappa shape index (κ3) is 4.19. The molecular weight excluding hydrogens is 306 g/mol. The molecule has 0 saturated heterocycles. The molecule has 2 aromatic rings. The molecule has 5 nitrogen and oxygen atoms in total. The molecule has 0 fully saturated rings. The van der Waals surface area contributed by atoms with Crippen molar-refractivity contribution in [2.24, 2.45) is 0 Å². The zero-order valence-electron chi connectivity index (χ0n) is 14.4. The lowest BCUT2D eigenvalue weighted by Gasteiger charge is -2.21. The maximum Gasteiger partial charge on any atom is 0.261 e. The average molecular weight is 329 g/mol. The fourth-order valence-electron chi connectivity index (χ4n) is 2.39. The summed E-state index contributed by atoms with van der Waals surface area (Å²) in [5.74, 6) is 1.66. The first-order valence-electron chi connectivity index (χ1n) is 7.79. The van der Waals surface area contributed by atoms with Gasteiger partial charge in [0.25, 0.3) is 5.91 Å². The Morgan fingerprint density at radius 1 is 0.875 bits per heavy atom. The van der Waals surface area contributed by atoms with Gasteiger partial charge in [-0.2, -0.15) is 0 Å². The topological polar surface area (TPSA) is 56.8 Å². The van der Waals surface area contributed by atoms with Crippen LogP contribution in [0.15, 0.2) is 48.5 Å². The van der Waals surface area contributed by atoms with E-state index < -0.39 is 6.10 Å². The Labute approximate surface area is 142 Å². The molecule has 128 valence electrons. The van der Waals surface area contributed by atoms with Crippen molar-refractivity contribution < 1.29 is 19.0 Å². The van der Waals surface area contributed by atoms with Gasteiger partial charge in [0.05, 0.1) is 20.3 Å². The summed E-state index contributed by atoms with van der Waals surface area (Å²) in [6, 6.07) is 14.6. The van der Waals surface area contributed by atoms with Crippen LogP contribution in [0.1, 0.15) is 25.5 Å². The lowest BCUT2D eigenvalue weighted by molar-refractivity contribution is -0.127. The van der Waals surface area contributed by atoms with Crippen molar-refractivity contribution in [1.82, 2.24) is 5.32 Å². The van der Waals surface area contributed by atoms with E-state index in [1.807, 2.05) is 43.3 Å². The maximum atomic E-state index is 12.4. The van der Waals surface area contributed by atoms with E-state index in [0.717, 1.165) is 11.3 Å².